The van der Waals surface area contributed by atoms with Gasteiger partial charge in [0.15, 0.2) is 0 Å². The quantitative estimate of drug-likeness (QED) is 0.875. The van der Waals surface area contributed by atoms with Crippen LogP contribution in [-0.2, 0) is 6.42 Å². The number of nitrogens with zero attached hydrogens (tertiary/aromatic N) is 2. The highest BCUT2D eigenvalue weighted by atomic mass is 16.3. The normalized spacial score (nSPS) is 13.1. The van der Waals surface area contributed by atoms with Crippen molar-refractivity contribution in [2.24, 2.45) is 0 Å². The predicted octanol–water partition coefficient (Wildman–Crippen LogP) is 2.09. The number of hydrogen-bond acceptors (Lipinski definition) is 3. The van der Waals surface area contributed by atoms with E-state index >= 15 is 0 Å². The predicted molar refractivity (Wildman–Crippen MR) is 74.6 cm³/mol. The molecule has 3 nitrogen and oxygen atoms in total. The van der Waals surface area contributed by atoms with Crippen molar-refractivity contribution in [1.29, 1.82) is 0 Å². The number of aromatic nitrogens is 1. The minimum absolute atomic E-state index is 0.318. The minimum Gasteiger partial charge on any atom is -0.393 e. The Hall–Kier alpha value is -1.45. The van der Waals surface area contributed by atoms with E-state index < -0.39 is 0 Å². The number of benzene rings is 1. The molecule has 0 radical (unpaired) electrons. The maximum absolute atomic E-state index is 9.96. The zero-order chi connectivity index (χ0) is 13.0. The first-order chi connectivity index (χ1) is 8.65. The Balaban J connectivity index is 2.03. The van der Waals surface area contributed by atoms with Crippen molar-refractivity contribution in [3.63, 3.8) is 0 Å². The first kappa shape index (κ1) is 13.0. The molecule has 1 atom stereocenters. The molecular weight excluding hydrogens is 224 g/mol. The first-order valence-electron chi connectivity index (χ1n) is 6.32. The summed E-state index contributed by atoms with van der Waals surface area (Å²) in [6.45, 7) is 0.898. The third-order valence-electron chi connectivity index (χ3n) is 3.01. The average molecular weight is 244 g/mol. The second kappa shape index (κ2) is 5.94. The van der Waals surface area contributed by atoms with Gasteiger partial charge in [-0.2, -0.15) is 0 Å². The van der Waals surface area contributed by atoms with Crippen molar-refractivity contribution < 1.29 is 5.11 Å². The van der Waals surface area contributed by atoms with Crippen LogP contribution >= 0.6 is 0 Å². The number of aliphatic hydroxyl groups is 1. The van der Waals surface area contributed by atoms with Crippen LogP contribution in [0.25, 0.3) is 10.9 Å². The van der Waals surface area contributed by atoms with Gasteiger partial charge in [0.05, 0.1) is 11.6 Å². The van der Waals surface area contributed by atoms with Gasteiger partial charge < -0.3 is 10.0 Å². The Bertz CT molecular complexity index is 511. The fourth-order valence-corrected chi connectivity index (χ4v) is 1.97. The van der Waals surface area contributed by atoms with Crippen LogP contribution in [0, 0.1) is 0 Å². The standard InChI is InChI=1S/C15H20N2O/c1-17(2)10-9-14(18)11-13-8-7-12-5-3-4-6-15(12)16-13/h3-8,14,18H,9-11H2,1-2H3. The summed E-state index contributed by atoms with van der Waals surface area (Å²) in [7, 11) is 4.03. The van der Waals surface area contributed by atoms with Gasteiger partial charge in [-0.1, -0.05) is 24.3 Å². The molecule has 1 aromatic carbocycles. The van der Waals surface area contributed by atoms with Crippen LogP contribution in [0.4, 0.5) is 0 Å². The molecule has 0 bridgehead atoms. The number of fused-ring (bicyclic) bond motifs is 1. The molecule has 1 N–H and O–H groups in total. The summed E-state index contributed by atoms with van der Waals surface area (Å²) in [4.78, 5) is 6.65. The number of para-hydroxylation sites is 1. The van der Waals surface area contributed by atoms with E-state index in [1.165, 1.54) is 0 Å². The molecule has 18 heavy (non-hydrogen) atoms. The molecule has 0 saturated carbocycles. The van der Waals surface area contributed by atoms with Gasteiger partial charge >= 0.3 is 0 Å². The third-order valence-corrected chi connectivity index (χ3v) is 3.01. The Morgan fingerprint density at radius 2 is 1.94 bits per heavy atom. The highest BCUT2D eigenvalue weighted by Crippen LogP contribution is 2.13. The van der Waals surface area contributed by atoms with E-state index in [9.17, 15) is 5.11 Å². The first-order valence-corrected chi connectivity index (χ1v) is 6.32. The fourth-order valence-electron chi connectivity index (χ4n) is 1.97. The summed E-state index contributed by atoms with van der Waals surface area (Å²) in [5.41, 5.74) is 1.95. The molecule has 1 heterocycles. The van der Waals surface area contributed by atoms with Crippen molar-refractivity contribution in [2.45, 2.75) is 18.9 Å². The lowest BCUT2D eigenvalue weighted by molar-refractivity contribution is 0.151. The molecule has 0 amide bonds. The van der Waals surface area contributed by atoms with Gasteiger partial charge in [0, 0.05) is 17.5 Å². The topological polar surface area (TPSA) is 36.4 Å². The lowest BCUT2D eigenvalue weighted by atomic mass is 10.1. The average Bonchev–Trinajstić information content (AvgIpc) is 2.36. The Kier molecular flexibility index (Phi) is 4.28. The van der Waals surface area contributed by atoms with E-state index in [1.54, 1.807) is 0 Å². The van der Waals surface area contributed by atoms with Crippen LogP contribution in [0.5, 0.6) is 0 Å². The molecule has 1 unspecified atom stereocenters. The molecule has 0 spiro atoms. The van der Waals surface area contributed by atoms with E-state index in [0.717, 1.165) is 29.6 Å². The Morgan fingerprint density at radius 1 is 1.17 bits per heavy atom. The summed E-state index contributed by atoms with van der Waals surface area (Å²) in [5.74, 6) is 0. The third kappa shape index (κ3) is 3.52. The lowest BCUT2D eigenvalue weighted by Gasteiger charge is -2.14. The number of hydrogen-bond donors (Lipinski definition) is 1. The zero-order valence-electron chi connectivity index (χ0n) is 11.0. The van der Waals surface area contributed by atoms with Crippen molar-refractivity contribution in [3.05, 3.63) is 42.1 Å². The fraction of sp³-hybridized carbons (Fsp3) is 0.400. The number of rotatable bonds is 5. The Morgan fingerprint density at radius 3 is 2.72 bits per heavy atom. The van der Waals surface area contributed by atoms with Gasteiger partial charge in [-0.3, -0.25) is 4.98 Å². The van der Waals surface area contributed by atoms with E-state index in [4.69, 9.17) is 0 Å². The monoisotopic (exact) mass is 244 g/mol. The largest absolute Gasteiger partial charge is 0.393 e. The molecule has 3 heteroatoms. The van der Waals surface area contributed by atoms with Crippen LogP contribution in [0.15, 0.2) is 36.4 Å². The maximum Gasteiger partial charge on any atom is 0.0705 e. The summed E-state index contributed by atoms with van der Waals surface area (Å²) in [6.07, 6.45) is 1.08. The lowest BCUT2D eigenvalue weighted by Crippen LogP contribution is -2.21. The van der Waals surface area contributed by atoms with E-state index in [1.807, 2.05) is 38.4 Å². The van der Waals surface area contributed by atoms with Gasteiger partial charge in [-0.05, 0) is 39.2 Å². The SMILES string of the molecule is CN(C)CCC(O)Cc1ccc2ccccc2n1. The van der Waals surface area contributed by atoms with Crippen molar-refractivity contribution >= 4 is 10.9 Å². The smallest absolute Gasteiger partial charge is 0.0705 e. The number of pyridine rings is 1. The molecule has 1 aromatic heterocycles. The van der Waals surface area contributed by atoms with Crippen molar-refractivity contribution in [3.8, 4) is 0 Å². The van der Waals surface area contributed by atoms with Crippen molar-refractivity contribution in [2.75, 3.05) is 20.6 Å². The highest BCUT2D eigenvalue weighted by Gasteiger charge is 2.07. The highest BCUT2D eigenvalue weighted by molar-refractivity contribution is 5.78. The summed E-state index contributed by atoms with van der Waals surface area (Å²) in [6, 6.07) is 12.1. The molecule has 0 aliphatic rings. The number of aliphatic hydroxyl groups excluding tert-OH is 1. The molecular formula is C15H20N2O. The zero-order valence-corrected chi connectivity index (χ0v) is 11.0. The second-order valence-corrected chi connectivity index (χ2v) is 4.95. The molecule has 0 aliphatic carbocycles. The molecule has 0 fully saturated rings. The van der Waals surface area contributed by atoms with Crippen LogP contribution in [0.2, 0.25) is 0 Å². The van der Waals surface area contributed by atoms with Crippen LogP contribution in [-0.4, -0.2) is 41.7 Å². The van der Waals surface area contributed by atoms with Gasteiger partial charge in [-0.25, -0.2) is 0 Å². The second-order valence-electron chi connectivity index (χ2n) is 4.95. The van der Waals surface area contributed by atoms with Gasteiger partial charge in [-0.15, -0.1) is 0 Å². The van der Waals surface area contributed by atoms with Crippen molar-refractivity contribution in [1.82, 2.24) is 9.88 Å². The van der Waals surface area contributed by atoms with E-state index in [-0.39, 0.29) is 6.10 Å². The van der Waals surface area contributed by atoms with Crippen LogP contribution in [0.3, 0.4) is 0 Å². The molecule has 96 valence electrons. The maximum atomic E-state index is 9.96. The summed E-state index contributed by atoms with van der Waals surface area (Å²) in [5, 5.41) is 11.1. The van der Waals surface area contributed by atoms with E-state index in [2.05, 4.69) is 22.0 Å². The summed E-state index contributed by atoms with van der Waals surface area (Å²) < 4.78 is 0. The van der Waals surface area contributed by atoms with Gasteiger partial charge in [0.1, 0.15) is 0 Å². The molecule has 2 aromatic rings. The molecule has 0 saturated heterocycles. The molecule has 2 rings (SSSR count). The van der Waals surface area contributed by atoms with Crippen LogP contribution in [0.1, 0.15) is 12.1 Å². The van der Waals surface area contributed by atoms with Crippen LogP contribution < -0.4 is 0 Å². The van der Waals surface area contributed by atoms with E-state index in [0.29, 0.717) is 6.42 Å². The summed E-state index contributed by atoms with van der Waals surface area (Å²) >= 11 is 0. The minimum atomic E-state index is -0.318. The molecule has 0 aliphatic heterocycles. The van der Waals surface area contributed by atoms with Gasteiger partial charge in [0.2, 0.25) is 0 Å². The van der Waals surface area contributed by atoms with Gasteiger partial charge in [0.25, 0.3) is 0 Å². The Labute approximate surface area is 108 Å².